The Bertz CT molecular complexity index is 419. The maximum absolute atomic E-state index is 3.51. The van der Waals surface area contributed by atoms with Crippen molar-refractivity contribution < 1.29 is 0 Å². The van der Waals surface area contributed by atoms with Gasteiger partial charge in [0.1, 0.15) is 0 Å². The Morgan fingerprint density at radius 3 is 2.53 bits per heavy atom. The topological polar surface area (TPSA) is 3.24 Å². The minimum absolute atomic E-state index is 0.660. The highest BCUT2D eigenvalue weighted by molar-refractivity contribution is 9.10. The van der Waals surface area contributed by atoms with Gasteiger partial charge < -0.3 is 0 Å². The summed E-state index contributed by atoms with van der Waals surface area (Å²) in [6.07, 6.45) is 8.73. The van der Waals surface area contributed by atoms with E-state index in [-0.39, 0.29) is 0 Å². The summed E-state index contributed by atoms with van der Waals surface area (Å²) >= 11 is 3.51. The maximum atomic E-state index is 3.51. The fraction of sp³-hybridized carbons (Fsp3) is 0.647. The van der Waals surface area contributed by atoms with Gasteiger partial charge in [0.15, 0.2) is 0 Å². The molecule has 3 rings (SSSR count). The van der Waals surface area contributed by atoms with Crippen LogP contribution in [-0.2, 0) is 6.54 Å². The minimum Gasteiger partial charge on any atom is -0.296 e. The first kappa shape index (κ1) is 13.6. The number of benzene rings is 1. The van der Waals surface area contributed by atoms with Crippen LogP contribution >= 0.6 is 15.9 Å². The summed E-state index contributed by atoms with van der Waals surface area (Å²) in [5.74, 6) is 0. The van der Waals surface area contributed by atoms with Gasteiger partial charge in [-0.1, -0.05) is 47.3 Å². The van der Waals surface area contributed by atoms with Crippen LogP contribution in [0.15, 0.2) is 28.7 Å². The van der Waals surface area contributed by atoms with E-state index in [1.165, 1.54) is 55.1 Å². The van der Waals surface area contributed by atoms with Crippen molar-refractivity contribution in [2.75, 3.05) is 6.54 Å². The van der Waals surface area contributed by atoms with Crippen LogP contribution in [0.5, 0.6) is 0 Å². The van der Waals surface area contributed by atoms with Crippen molar-refractivity contribution in [2.24, 2.45) is 5.41 Å². The van der Waals surface area contributed by atoms with Gasteiger partial charge in [-0.25, -0.2) is 0 Å². The van der Waals surface area contributed by atoms with Gasteiger partial charge in [-0.2, -0.15) is 0 Å². The van der Waals surface area contributed by atoms with Crippen LogP contribution in [0.25, 0.3) is 0 Å². The smallest absolute Gasteiger partial charge is 0.0236 e. The molecule has 2 fully saturated rings. The van der Waals surface area contributed by atoms with Crippen LogP contribution in [0.2, 0.25) is 0 Å². The van der Waals surface area contributed by atoms with E-state index < -0.39 is 0 Å². The van der Waals surface area contributed by atoms with E-state index in [1.807, 2.05) is 0 Å². The SMILES string of the molecule is CC1CC2(CCCCC2)CN1Cc1ccc(Br)cc1. The van der Waals surface area contributed by atoms with E-state index in [2.05, 4.69) is 52.0 Å². The Kier molecular flexibility index (Phi) is 4.00. The Labute approximate surface area is 125 Å². The maximum Gasteiger partial charge on any atom is 0.0236 e. The van der Waals surface area contributed by atoms with Crippen molar-refractivity contribution in [3.63, 3.8) is 0 Å². The summed E-state index contributed by atoms with van der Waals surface area (Å²) < 4.78 is 1.18. The Balaban J connectivity index is 1.67. The minimum atomic E-state index is 0.660. The van der Waals surface area contributed by atoms with E-state index in [1.54, 1.807) is 0 Å². The van der Waals surface area contributed by atoms with Gasteiger partial charge in [0.25, 0.3) is 0 Å². The highest BCUT2D eigenvalue weighted by atomic mass is 79.9. The normalized spacial score (nSPS) is 26.9. The molecular weight excluding hydrogens is 298 g/mol. The monoisotopic (exact) mass is 321 g/mol. The zero-order chi connectivity index (χ0) is 13.3. The van der Waals surface area contributed by atoms with Gasteiger partial charge in [0.2, 0.25) is 0 Å². The van der Waals surface area contributed by atoms with E-state index in [0.29, 0.717) is 5.41 Å². The molecule has 1 saturated carbocycles. The molecular formula is C17H24BrN. The predicted octanol–water partition coefficient (Wildman–Crippen LogP) is 4.99. The molecule has 1 heterocycles. The Morgan fingerprint density at radius 1 is 1.16 bits per heavy atom. The number of halogens is 1. The summed E-state index contributed by atoms with van der Waals surface area (Å²) in [7, 11) is 0. The first-order valence-electron chi connectivity index (χ1n) is 7.65. The molecule has 104 valence electrons. The third kappa shape index (κ3) is 3.05. The van der Waals surface area contributed by atoms with Gasteiger partial charge in [0, 0.05) is 23.6 Å². The molecule has 1 aromatic carbocycles. The number of hydrogen-bond acceptors (Lipinski definition) is 1. The third-order valence-electron chi connectivity index (χ3n) is 5.10. The van der Waals surface area contributed by atoms with Gasteiger partial charge in [-0.05, 0) is 49.3 Å². The average molecular weight is 322 g/mol. The van der Waals surface area contributed by atoms with E-state index in [4.69, 9.17) is 0 Å². The lowest BCUT2D eigenvalue weighted by Crippen LogP contribution is -2.30. The van der Waals surface area contributed by atoms with Crippen LogP contribution < -0.4 is 0 Å². The van der Waals surface area contributed by atoms with Crippen molar-refractivity contribution >= 4 is 15.9 Å². The number of nitrogens with zero attached hydrogens (tertiary/aromatic N) is 1. The second-order valence-electron chi connectivity index (χ2n) is 6.65. The zero-order valence-corrected chi connectivity index (χ0v) is 13.5. The quantitative estimate of drug-likeness (QED) is 0.741. The van der Waals surface area contributed by atoms with Crippen LogP contribution in [0.3, 0.4) is 0 Å². The summed E-state index contributed by atoms with van der Waals surface area (Å²) in [4.78, 5) is 2.70. The lowest BCUT2D eigenvalue weighted by atomic mass is 9.73. The van der Waals surface area contributed by atoms with Gasteiger partial charge in [0.05, 0.1) is 0 Å². The molecule has 1 aliphatic heterocycles. The molecule has 0 amide bonds. The summed E-state index contributed by atoms with van der Waals surface area (Å²) in [5, 5.41) is 0. The van der Waals surface area contributed by atoms with Crippen LogP contribution in [0.4, 0.5) is 0 Å². The van der Waals surface area contributed by atoms with Crippen LogP contribution in [-0.4, -0.2) is 17.5 Å². The lowest BCUT2D eigenvalue weighted by molar-refractivity contribution is 0.181. The third-order valence-corrected chi connectivity index (χ3v) is 5.63. The molecule has 1 aliphatic carbocycles. The lowest BCUT2D eigenvalue weighted by Gasteiger charge is -2.33. The zero-order valence-electron chi connectivity index (χ0n) is 11.9. The second-order valence-corrected chi connectivity index (χ2v) is 7.56. The van der Waals surface area contributed by atoms with Crippen LogP contribution in [0, 0.1) is 5.41 Å². The van der Waals surface area contributed by atoms with Gasteiger partial charge in [-0.15, -0.1) is 0 Å². The van der Waals surface area contributed by atoms with Gasteiger partial charge in [-0.3, -0.25) is 4.90 Å². The Morgan fingerprint density at radius 2 is 1.84 bits per heavy atom. The van der Waals surface area contributed by atoms with Crippen molar-refractivity contribution in [3.05, 3.63) is 34.3 Å². The molecule has 1 saturated heterocycles. The molecule has 1 unspecified atom stereocenters. The molecule has 1 nitrogen and oxygen atoms in total. The van der Waals surface area contributed by atoms with Crippen molar-refractivity contribution in [2.45, 2.75) is 58.0 Å². The molecule has 19 heavy (non-hydrogen) atoms. The van der Waals surface area contributed by atoms with E-state index in [9.17, 15) is 0 Å². The molecule has 1 aromatic rings. The van der Waals surface area contributed by atoms with Crippen molar-refractivity contribution in [3.8, 4) is 0 Å². The van der Waals surface area contributed by atoms with E-state index in [0.717, 1.165) is 12.6 Å². The molecule has 2 aliphatic rings. The summed E-state index contributed by atoms with van der Waals surface area (Å²) in [6, 6.07) is 9.58. The number of likely N-dealkylation sites (tertiary alicyclic amines) is 1. The predicted molar refractivity (Wildman–Crippen MR) is 84.1 cm³/mol. The molecule has 0 aromatic heterocycles. The first-order valence-corrected chi connectivity index (χ1v) is 8.45. The second kappa shape index (κ2) is 5.57. The summed E-state index contributed by atoms with van der Waals surface area (Å²) in [6.45, 7) is 4.86. The fourth-order valence-corrected chi connectivity index (χ4v) is 4.37. The van der Waals surface area contributed by atoms with Crippen LogP contribution in [0.1, 0.15) is 51.0 Å². The molecule has 1 atom stereocenters. The molecule has 0 radical (unpaired) electrons. The van der Waals surface area contributed by atoms with Gasteiger partial charge >= 0.3 is 0 Å². The van der Waals surface area contributed by atoms with Crippen molar-refractivity contribution in [1.29, 1.82) is 0 Å². The standard InChI is InChI=1S/C17H24BrN/c1-14-11-17(9-3-2-4-10-17)13-19(14)12-15-5-7-16(18)8-6-15/h5-8,14H,2-4,9-13H2,1H3. The molecule has 0 N–H and O–H groups in total. The molecule has 0 bridgehead atoms. The highest BCUT2D eigenvalue weighted by Gasteiger charge is 2.42. The van der Waals surface area contributed by atoms with Crippen molar-refractivity contribution in [1.82, 2.24) is 4.90 Å². The molecule has 2 heteroatoms. The highest BCUT2D eigenvalue weighted by Crippen LogP contribution is 2.46. The Hall–Kier alpha value is -0.340. The molecule has 1 spiro atoms. The number of hydrogen-bond donors (Lipinski definition) is 0. The largest absolute Gasteiger partial charge is 0.296 e. The average Bonchev–Trinajstić information content (AvgIpc) is 2.69. The number of rotatable bonds is 2. The fourth-order valence-electron chi connectivity index (χ4n) is 4.11. The van der Waals surface area contributed by atoms with E-state index >= 15 is 0 Å². The first-order chi connectivity index (χ1) is 9.17. The summed E-state index contributed by atoms with van der Waals surface area (Å²) in [5.41, 5.74) is 2.11.